The molecule has 2 unspecified atom stereocenters. The Kier molecular flexibility index (Phi) is 7.23. The summed E-state index contributed by atoms with van der Waals surface area (Å²) in [6, 6.07) is 0.846. The molecule has 112 valence electrons. The van der Waals surface area contributed by atoms with Crippen LogP contribution in [0.3, 0.4) is 0 Å². The van der Waals surface area contributed by atoms with Crippen molar-refractivity contribution in [1.29, 1.82) is 0 Å². The molecule has 2 fully saturated rings. The summed E-state index contributed by atoms with van der Waals surface area (Å²) in [6.45, 7) is 7.62. The normalized spacial score (nSPS) is 28.3. The zero-order chi connectivity index (χ0) is 13.3. The molecule has 19 heavy (non-hydrogen) atoms. The smallest absolute Gasteiger partial charge is 0.0120 e. The zero-order valence-electron chi connectivity index (χ0n) is 13.0. The minimum Gasteiger partial charge on any atom is -0.314 e. The molecule has 0 aromatic heterocycles. The quantitative estimate of drug-likeness (QED) is 0.672. The van der Waals surface area contributed by atoms with Crippen LogP contribution < -0.4 is 5.32 Å². The molecule has 2 heterocycles. The maximum absolute atomic E-state index is 3.71. The van der Waals surface area contributed by atoms with Crippen molar-refractivity contribution < 1.29 is 0 Å². The van der Waals surface area contributed by atoms with Gasteiger partial charge in [-0.15, -0.1) is 0 Å². The second-order valence-corrected chi connectivity index (χ2v) is 6.67. The Labute approximate surface area is 120 Å². The van der Waals surface area contributed by atoms with Gasteiger partial charge >= 0.3 is 0 Å². The molecule has 2 atom stereocenters. The van der Waals surface area contributed by atoms with Crippen molar-refractivity contribution in [2.45, 2.75) is 77.2 Å². The van der Waals surface area contributed by atoms with Gasteiger partial charge in [0.15, 0.2) is 0 Å². The van der Waals surface area contributed by atoms with E-state index in [1.54, 1.807) is 0 Å². The summed E-state index contributed by atoms with van der Waals surface area (Å²) in [4.78, 5) is 2.74. The predicted octanol–water partition coefficient (Wildman–Crippen LogP) is 3.81. The number of hydrogen-bond donors (Lipinski definition) is 1. The molecule has 0 amide bonds. The molecule has 2 heteroatoms. The Morgan fingerprint density at radius 3 is 2.63 bits per heavy atom. The number of rotatable bonds is 8. The number of nitrogens with zero attached hydrogens (tertiary/aromatic N) is 1. The SMILES string of the molecule is CCCCCCCCCN1CCC2NCCCC2C1. The lowest BCUT2D eigenvalue weighted by molar-refractivity contribution is 0.112. The van der Waals surface area contributed by atoms with Gasteiger partial charge in [-0.05, 0) is 51.2 Å². The fourth-order valence-electron chi connectivity index (χ4n) is 3.82. The van der Waals surface area contributed by atoms with Gasteiger partial charge < -0.3 is 10.2 Å². The molecule has 0 spiro atoms. The molecule has 2 rings (SSSR count). The van der Waals surface area contributed by atoms with Crippen LogP contribution in [0.1, 0.15) is 71.1 Å². The van der Waals surface area contributed by atoms with E-state index in [1.807, 2.05) is 0 Å². The zero-order valence-corrected chi connectivity index (χ0v) is 13.0. The summed E-state index contributed by atoms with van der Waals surface area (Å²) in [7, 11) is 0. The maximum Gasteiger partial charge on any atom is 0.0120 e. The van der Waals surface area contributed by atoms with Crippen molar-refractivity contribution in [3.8, 4) is 0 Å². The monoisotopic (exact) mass is 266 g/mol. The van der Waals surface area contributed by atoms with Crippen LogP contribution in [0, 0.1) is 5.92 Å². The van der Waals surface area contributed by atoms with E-state index in [4.69, 9.17) is 0 Å². The average molecular weight is 266 g/mol. The van der Waals surface area contributed by atoms with Crippen LogP contribution in [0.5, 0.6) is 0 Å². The van der Waals surface area contributed by atoms with E-state index in [0.717, 1.165) is 12.0 Å². The van der Waals surface area contributed by atoms with Crippen LogP contribution >= 0.6 is 0 Å². The van der Waals surface area contributed by atoms with Crippen molar-refractivity contribution in [2.75, 3.05) is 26.2 Å². The number of unbranched alkanes of at least 4 members (excludes halogenated alkanes) is 6. The highest BCUT2D eigenvalue weighted by atomic mass is 15.1. The summed E-state index contributed by atoms with van der Waals surface area (Å²) in [5, 5.41) is 3.71. The lowest BCUT2D eigenvalue weighted by Gasteiger charge is -2.41. The van der Waals surface area contributed by atoms with Gasteiger partial charge in [-0.3, -0.25) is 0 Å². The number of likely N-dealkylation sites (tertiary alicyclic amines) is 1. The van der Waals surface area contributed by atoms with Crippen LogP contribution in [-0.4, -0.2) is 37.1 Å². The van der Waals surface area contributed by atoms with E-state index in [-0.39, 0.29) is 0 Å². The van der Waals surface area contributed by atoms with Crippen LogP contribution in [0.25, 0.3) is 0 Å². The number of hydrogen-bond acceptors (Lipinski definition) is 2. The van der Waals surface area contributed by atoms with Crippen LogP contribution in [-0.2, 0) is 0 Å². The largest absolute Gasteiger partial charge is 0.314 e. The number of nitrogens with one attached hydrogen (secondary N) is 1. The van der Waals surface area contributed by atoms with Gasteiger partial charge in [0.1, 0.15) is 0 Å². The van der Waals surface area contributed by atoms with Crippen molar-refractivity contribution in [3.05, 3.63) is 0 Å². The summed E-state index contributed by atoms with van der Waals surface area (Å²) < 4.78 is 0. The first-order chi connectivity index (χ1) is 9.40. The third-order valence-corrected chi connectivity index (χ3v) is 5.05. The molecule has 2 aliphatic heterocycles. The van der Waals surface area contributed by atoms with E-state index >= 15 is 0 Å². The summed E-state index contributed by atoms with van der Waals surface area (Å²) >= 11 is 0. The molecule has 0 radical (unpaired) electrons. The first-order valence-corrected chi connectivity index (χ1v) is 8.86. The molecular formula is C17H34N2. The van der Waals surface area contributed by atoms with E-state index in [2.05, 4.69) is 17.1 Å². The Morgan fingerprint density at radius 1 is 1.00 bits per heavy atom. The highest BCUT2D eigenvalue weighted by Crippen LogP contribution is 2.25. The summed E-state index contributed by atoms with van der Waals surface area (Å²) in [5.74, 6) is 0.951. The Bertz CT molecular complexity index is 229. The lowest BCUT2D eigenvalue weighted by Crippen LogP contribution is -2.52. The Hall–Kier alpha value is -0.0800. The standard InChI is InChI=1S/C17H34N2/c1-2-3-4-5-6-7-8-13-19-14-11-17-16(15-19)10-9-12-18-17/h16-18H,2-15H2,1H3. The second kappa shape index (κ2) is 8.97. The van der Waals surface area contributed by atoms with Gasteiger partial charge in [-0.25, -0.2) is 0 Å². The topological polar surface area (TPSA) is 15.3 Å². The van der Waals surface area contributed by atoms with Crippen molar-refractivity contribution in [3.63, 3.8) is 0 Å². The van der Waals surface area contributed by atoms with E-state index in [1.165, 1.54) is 90.4 Å². The molecular weight excluding hydrogens is 232 g/mol. The van der Waals surface area contributed by atoms with Gasteiger partial charge in [0.2, 0.25) is 0 Å². The maximum atomic E-state index is 3.71. The minimum absolute atomic E-state index is 0.846. The molecule has 2 aliphatic rings. The molecule has 1 N–H and O–H groups in total. The van der Waals surface area contributed by atoms with Gasteiger partial charge in [0.25, 0.3) is 0 Å². The van der Waals surface area contributed by atoms with Crippen molar-refractivity contribution in [2.24, 2.45) is 5.92 Å². The van der Waals surface area contributed by atoms with Crippen molar-refractivity contribution in [1.82, 2.24) is 10.2 Å². The molecule has 2 nitrogen and oxygen atoms in total. The Morgan fingerprint density at radius 2 is 1.79 bits per heavy atom. The average Bonchev–Trinajstić information content (AvgIpc) is 2.46. The molecule has 0 aromatic rings. The van der Waals surface area contributed by atoms with E-state index in [9.17, 15) is 0 Å². The highest BCUT2D eigenvalue weighted by Gasteiger charge is 2.30. The van der Waals surface area contributed by atoms with Crippen LogP contribution in [0.15, 0.2) is 0 Å². The first kappa shape index (κ1) is 15.3. The minimum atomic E-state index is 0.846. The molecule has 2 saturated heterocycles. The summed E-state index contributed by atoms with van der Waals surface area (Å²) in [5.41, 5.74) is 0. The van der Waals surface area contributed by atoms with Gasteiger partial charge in [0, 0.05) is 12.6 Å². The fraction of sp³-hybridized carbons (Fsp3) is 1.00. The third kappa shape index (κ3) is 5.43. The van der Waals surface area contributed by atoms with Gasteiger partial charge in [0.05, 0.1) is 0 Å². The fourth-order valence-corrected chi connectivity index (χ4v) is 3.82. The predicted molar refractivity (Wildman–Crippen MR) is 83.6 cm³/mol. The second-order valence-electron chi connectivity index (χ2n) is 6.67. The lowest BCUT2D eigenvalue weighted by atomic mass is 9.85. The molecule has 0 bridgehead atoms. The van der Waals surface area contributed by atoms with E-state index in [0.29, 0.717) is 0 Å². The molecule has 0 aromatic carbocycles. The summed E-state index contributed by atoms with van der Waals surface area (Å²) in [6.07, 6.45) is 14.3. The Balaban J connectivity index is 1.50. The number of fused-ring (bicyclic) bond motifs is 1. The third-order valence-electron chi connectivity index (χ3n) is 5.05. The van der Waals surface area contributed by atoms with Gasteiger partial charge in [-0.2, -0.15) is 0 Å². The molecule has 0 saturated carbocycles. The van der Waals surface area contributed by atoms with Crippen molar-refractivity contribution >= 4 is 0 Å². The van der Waals surface area contributed by atoms with Crippen LogP contribution in [0.4, 0.5) is 0 Å². The highest BCUT2D eigenvalue weighted by molar-refractivity contribution is 4.88. The number of piperidine rings is 2. The molecule has 0 aliphatic carbocycles. The van der Waals surface area contributed by atoms with Crippen LogP contribution in [0.2, 0.25) is 0 Å². The van der Waals surface area contributed by atoms with Gasteiger partial charge in [-0.1, -0.05) is 45.4 Å². The van der Waals surface area contributed by atoms with E-state index < -0.39 is 0 Å². The first-order valence-electron chi connectivity index (χ1n) is 8.86.